The van der Waals surface area contributed by atoms with Crippen molar-refractivity contribution in [2.45, 2.75) is 57.4 Å². The Hall–Kier alpha value is -0.0400. The molecule has 0 aliphatic carbocycles. The molecule has 1 rings (SSSR count). The van der Waals surface area contributed by atoms with E-state index in [0.29, 0.717) is 12.3 Å². The summed E-state index contributed by atoms with van der Waals surface area (Å²) in [6.45, 7) is 8.53. The summed E-state index contributed by atoms with van der Waals surface area (Å²) in [5.74, 6) is 0.832. The van der Waals surface area contributed by atoms with Crippen molar-refractivity contribution in [1.82, 2.24) is 4.31 Å². The molecule has 0 radical (unpaired) electrons. The molecule has 0 bridgehead atoms. The van der Waals surface area contributed by atoms with E-state index in [1.807, 2.05) is 27.7 Å². The van der Waals surface area contributed by atoms with Crippen molar-refractivity contribution in [2.75, 3.05) is 6.54 Å². The Morgan fingerprint density at radius 2 is 1.90 bits per heavy atom. The van der Waals surface area contributed by atoms with Crippen LogP contribution in [-0.2, 0) is 15.9 Å². The van der Waals surface area contributed by atoms with Gasteiger partial charge in [-0.15, -0.1) is 11.6 Å². The van der Waals surface area contributed by atoms with Gasteiger partial charge >= 0.3 is 0 Å². The molecule has 0 N–H and O–H groups in total. The zero-order valence-electron chi connectivity index (χ0n) is 12.9. The summed E-state index contributed by atoms with van der Waals surface area (Å²) < 4.78 is 33.1. The van der Waals surface area contributed by atoms with Crippen molar-refractivity contribution in [3.8, 4) is 0 Å². The maximum absolute atomic E-state index is 13.0. The molecule has 1 aromatic heterocycles. The number of furan rings is 1. The lowest BCUT2D eigenvalue weighted by Gasteiger charge is -2.30. The van der Waals surface area contributed by atoms with Gasteiger partial charge in [0.15, 0.2) is 4.67 Å². The number of alkyl halides is 1. The minimum Gasteiger partial charge on any atom is -0.452 e. The van der Waals surface area contributed by atoms with E-state index < -0.39 is 10.0 Å². The van der Waals surface area contributed by atoms with Crippen LogP contribution in [0.25, 0.3) is 0 Å². The SMILES string of the molecule is CCC(CC)N(CC(C)C)S(=O)(=O)c1cc(CCl)oc1Br. The maximum atomic E-state index is 13.0. The molecule has 0 spiro atoms. The number of hydrogen-bond donors (Lipinski definition) is 0. The van der Waals surface area contributed by atoms with E-state index in [-0.39, 0.29) is 27.4 Å². The van der Waals surface area contributed by atoms with Crippen LogP contribution < -0.4 is 0 Å². The van der Waals surface area contributed by atoms with Crippen LogP contribution in [0.4, 0.5) is 0 Å². The van der Waals surface area contributed by atoms with Crippen LogP contribution in [0, 0.1) is 5.92 Å². The lowest BCUT2D eigenvalue weighted by molar-refractivity contribution is 0.276. The fourth-order valence-electron chi connectivity index (χ4n) is 2.27. The van der Waals surface area contributed by atoms with Crippen molar-refractivity contribution in [3.63, 3.8) is 0 Å². The van der Waals surface area contributed by atoms with E-state index in [9.17, 15) is 8.42 Å². The van der Waals surface area contributed by atoms with Gasteiger partial charge in [-0.05, 0) is 34.7 Å². The second-order valence-corrected chi connectivity index (χ2v) is 8.27. The highest BCUT2D eigenvalue weighted by atomic mass is 79.9. The Bertz CT molecular complexity index is 553. The second-order valence-electron chi connectivity index (χ2n) is 5.42. The van der Waals surface area contributed by atoms with Gasteiger partial charge in [-0.1, -0.05) is 27.7 Å². The van der Waals surface area contributed by atoms with E-state index in [1.54, 1.807) is 4.31 Å². The third kappa shape index (κ3) is 4.47. The molecule has 4 nitrogen and oxygen atoms in total. The highest BCUT2D eigenvalue weighted by molar-refractivity contribution is 9.10. The lowest BCUT2D eigenvalue weighted by atomic mass is 10.1. The lowest BCUT2D eigenvalue weighted by Crippen LogP contribution is -2.41. The summed E-state index contributed by atoms with van der Waals surface area (Å²) >= 11 is 8.91. The smallest absolute Gasteiger partial charge is 0.247 e. The zero-order chi connectivity index (χ0) is 16.2. The highest BCUT2D eigenvalue weighted by Gasteiger charge is 2.33. The molecule has 0 amide bonds. The van der Waals surface area contributed by atoms with Gasteiger partial charge < -0.3 is 4.42 Å². The first-order valence-electron chi connectivity index (χ1n) is 7.13. The standard InChI is InChI=1S/C14H23BrClNO3S/c1-5-11(6-2)17(9-10(3)4)21(18,19)13-7-12(8-16)20-14(13)15/h7,10-11H,5-6,8-9H2,1-4H3. The predicted molar refractivity (Wildman–Crippen MR) is 89.1 cm³/mol. The minimum atomic E-state index is -3.61. The average Bonchev–Trinajstić information content (AvgIpc) is 2.80. The van der Waals surface area contributed by atoms with E-state index in [1.165, 1.54) is 6.07 Å². The summed E-state index contributed by atoms with van der Waals surface area (Å²) in [6, 6.07) is 1.49. The monoisotopic (exact) mass is 399 g/mol. The van der Waals surface area contributed by atoms with Crippen LogP contribution in [0.2, 0.25) is 0 Å². The summed E-state index contributed by atoms with van der Waals surface area (Å²) in [5, 5.41) is 0. The Morgan fingerprint density at radius 3 is 2.29 bits per heavy atom. The molecule has 0 aromatic carbocycles. The molecule has 21 heavy (non-hydrogen) atoms. The quantitative estimate of drug-likeness (QED) is 0.598. The van der Waals surface area contributed by atoms with Crippen LogP contribution in [0.3, 0.4) is 0 Å². The van der Waals surface area contributed by atoms with Crippen LogP contribution in [0.15, 0.2) is 20.0 Å². The molecular weight excluding hydrogens is 378 g/mol. The fraction of sp³-hybridized carbons (Fsp3) is 0.714. The van der Waals surface area contributed by atoms with E-state index in [0.717, 1.165) is 12.8 Å². The molecule has 0 unspecified atom stereocenters. The Morgan fingerprint density at radius 1 is 1.33 bits per heavy atom. The maximum Gasteiger partial charge on any atom is 0.247 e. The summed E-state index contributed by atoms with van der Waals surface area (Å²) in [7, 11) is -3.61. The van der Waals surface area contributed by atoms with Gasteiger partial charge in [-0.3, -0.25) is 0 Å². The highest BCUT2D eigenvalue weighted by Crippen LogP contribution is 2.31. The molecule has 0 aliphatic rings. The first-order valence-corrected chi connectivity index (χ1v) is 9.90. The van der Waals surface area contributed by atoms with Gasteiger partial charge in [0.25, 0.3) is 0 Å². The van der Waals surface area contributed by atoms with Crippen LogP contribution >= 0.6 is 27.5 Å². The molecule has 0 saturated carbocycles. The molecule has 1 heterocycles. The van der Waals surface area contributed by atoms with Gasteiger partial charge in [0.2, 0.25) is 10.0 Å². The van der Waals surface area contributed by atoms with Crippen molar-refractivity contribution in [3.05, 3.63) is 16.5 Å². The number of hydrogen-bond acceptors (Lipinski definition) is 3. The molecule has 0 saturated heterocycles. The molecule has 0 atom stereocenters. The first-order chi connectivity index (χ1) is 9.77. The Kier molecular flexibility index (Phi) is 7.24. The van der Waals surface area contributed by atoms with Gasteiger partial charge in [-0.25, -0.2) is 8.42 Å². The number of nitrogens with zero attached hydrogens (tertiary/aromatic N) is 1. The van der Waals surface area contributed by atoms with Crippen molar-refractivity contribution in [2.24, 2.45) is 5.92 Å². The zero-order valence-corrected chi connectivity index (χ0v) is 16.1. The topological polar surface area (TPSA) is 50.5 Å². The number of halogens is 2. The Labute approximate surface area is 141 Å². The van der Waals surface area contributed by atoms with E-state index >= 15 is 0 Å². The summed E-state index contributed by atoms with van der Waals surface area (Å²) in [4.78, 5) is 0.158. The van der Waals surface area contributed by atoms with Crippen molar-refractivity contribution < 1.29 is 12.8 Å². The molecule has 1 aromatic rings. The van der Waals surface area contributed by atoms with Crippen molar-refractivity contribution in [1.29, 1.82) is 0 Å². The summed E-state index contributed by atoms with van der Waals surface area (Å²) in [6.07, 6.45) is 1.56. The summed E-state index contributed by atoms with van der Waals surface area (Å²) in [5.41, 5.74) is 0. The number of rotatable bonds is 8. The molecule has 0 fully saturated rings. The first kappa shape index (κ1) is 19.0. The largest absolute Gasteiger partial charge is 0.452 e. The minimum absolute atomic E-state index is 0.0151. The molecule has 122 valence electrons. The number of sulfonamides is 1. The normalized spacial score (nSPS) is 12.8. The third-order valence-corrected chi connectivity index (χ3v) is 6.36. The average molecular weight is 401 g/mol. The fourth-order valence-corrected chi connectivity index (χ4v) is 5.30. The van der Waals surface area contributed by atoms with Gasteiger partial charge in [0, 0.05) is 18.7 Å². The molecule has 0 aliphatic heterocycles. The molecule has 7 heteroatoms. The van der Waals surface area contributed by atoms with Crippen LogP contribution in [-0.4, -0.2) is 25.3 Å². The molecular formula is C14H23BrClNO3S. The second kappa shape index (κ2) is 7.99. The van der Waals surface area contributed by atoms with Gasteiger partial charge in [-0.2, -0.15) is 4.31 Å². The van der Waals surface area contributed by atoms with E-state index in [4.69, 9.17) is 16.0 Å². The third-order valence-electron chi connectivity index (χ3n) is 3.32. The van der Waals surface area contributed by atoms with E-state index in [2.05, 4.69) is 15.9 Å². The predicted octanol–water partition coefficient (Wildman–Crippen LogP) is 4.62. The van der Waals surface area contributed by atoms with Gasteiger partial charge in [0.1, 0.15) is 10.7 Å². The van der Waals surface area contributed by atoms with Crippen molar-refractivity contribution >= 4 is 37.6 Å². The van der Waals surface area contributed by atoms with Crippen LogP contribution in [0.1, 0.15) is 46.3 Å². The van der Waals surface area contributed by atoms with Crippen LogP contribution in [0.5, 0.6) is 0 Å². The Balaban J connectivity index is 3.28. The van der Waals surface area contributed by atoms with Gasteiger partial charge in [0.05, 0.1) is 5.88 Å².